The lowest BCUT2D eigenvalue weighted by Crippen LogP contribution is -2.09. The Kier molecular flexibility index (Phi) is 4.74. The standard InChI is InChI=1S/C11H16FNO3S/c1-2-6-16-11-4-3-9(8-10(11)13)17(14,15)7-5-12/h3-4,8H,2,5-7,13H2,1H3. The monoisotopic (exact) mass is 261 g/mol. The fourth-order valence-corrected chi connectivity index (χ4v) is 2.30. The molecule has 0 fully saturated rings. The van der Waals surface area contributed by atoms with E-state index in [9.17, 15) is 12.8 Å². The van der Waals surface area contributed by atoms with Crippen molar-refractivity contribution in [3.63, 3.8) is 0 Å². The zero-order valence-electron chi connectivity index (χ0n) is 9.65. The molecule has 0 aliphatic heterocycles. The van der Waals surface area contributed by atoms with Gasteiger partial charge < -0.3 is 10.5 Å². The van der Waals surface area contributed by atoms with Gasteiger partial charge in [0.1, 0.15) is 12.4 Å². The fourth-order valence-electron chi connectivity index (χ4n) is 1.28. The highest BCUT2D eigenvalue weighted by atomic mass is 32.2. The van der Waals surface area contributed by atoms with Gasteiger partial charge in [-0.25, -0.2) is 12.8 Å². The van der Waals surface area contributed by atoms with Crippen LogP contribution in [0.15, 0.2) is 23.1 Å². The molecule has 0 amide bonds. The topological polar surface area (TPSA) is 69.4 Å². The molecule has 0 bridgehead atoms. The Hall–Kier alpha value is -1.30. The van der Waals surface area contributed by atoms with Crippen LogP contribution in [0.1, 0.15) is 13.3 Å². The minimum Gasteiger partial charge on any atom is -0.491 e. The van der Waals surface area contributed by atoms with Crippen LogP contribution in [-0.4, -0.2) is 27.5 Å². The lowest BCUT2D eigenvalue weighted by atomic mass is 10.3. The SMILES string of the molecule is CCCOc1ccc(S(=O)(=O)CCF)cc1N. The van der Waals surface area contributed by atoms with Crippen molar-refractivity contribution in [2.45, 2.75) is 18.2 Å². The quantitative estimate of drug-likeness (QED) is 0.793. The molecule has 0 saturated heterocycles. The van der Waals surface area contributed by atoms with Crippen LogP contribution in [0.2, 0.25) is 0 Å². The van der Waals surface area contributed by atoms with E-state index in [0.29, 0.717) is 12.4 Å². The number of ether oxygens (including phenoxy) is 1. The van der Waals surface area contributed by atoms with Gasteiger partial charge in [-0.05, 0) is 24.6 Å². The molecule has 0 aromatic heterocycles. The van der Waals surface area contributed by atoms with Crippen molar-refractivity contribution in [2.75, 3.05) is 24.8 Å². The molecule has 4 nitrogen and oxygen atoms in total. The smallest absolute Gasteiger partial charge is 0.181 e. The average molecular weight is 261 g/mol. The number of rotatable bonds is 6. The van der Waals surface area contributed by atoms with E-state index in [2.05, 4.69) is 0 Å². The molecule has 0 aliphatic carbocycles. The van der Waals surface area contributed by atoms with Gasteiger partial charge in [0, 0.05) is 0 Å². The summed E-state index contributed by atoms with van der Waals surface area (Å²) in [6, 6.07) is 4.18. The average Bonchev–Trinajstić information content (AvgIpc) is 2.27. The number of halogens is 1. The zero-order chi connectivity index (χ0) is 12.9. The molecule has 6 heteroatoms. The molecular formula is C11H16FNO3S. The largest absolute Gasteiger partial charge is 0.491 e. The van der Waals surface area contributed by atoms with Crippen LogP contribution in [0, 0.1) is 0 Å². The van der Waals surface area contributed by atoms with Gasteiger partial charge in [0.05, 0.1) is 22.9 Å². The van der Waals surface area contributed by atoms with Crippen LogP contribution in [-0.2, 0) is 9.84 Å². The third-order valence-corrected chi connectivity index (χ3v) is 3.81. The maximum Gasteiger partial charge on any atom is 0.181 e. The molecular weight excluding hydrogens is 245 g/mol. The number of nitrogen functional groups attached to an aromatic ring is 1. The molecule has 0 atom stereocenters. The van der Waals surface area contributed by atoms with E-state index < -0.39 is 22.3 Å². The van der Waals surface area contributed by atoms with Crippen molar-refractivity contribution in [2.24, 2.45) is 0 Å². The summed E-state index contributed by atoms with van der Waals surface area (Å²) in [6.45, 7) is 1.56. The predicted octanol–water partition coefficient (Wildman–Crippen LogP) is 1.80. The van der Waals surface area contributed by atoms with Gasteiger partial charge in [-0.15, -0.1) is 0 Å². The summed E-state index contributed by atoms with van der Waals surface area (Å²) in [5.74, 6) is -0.0761. The minimum atomic E-state index is -3.58. The first-order valence-corrected chi connectivity index (χ1v) is 6.97. The van der Waals surface area contributed by atoms with E-state index in [-0.39, 0.29) is 10.6 Å². The number of benzene rings is 1. The van der Waals surface area contributed by atoms with E-state index in [0.717, 1.165) is 6.42 Å². The zero-order valence-corrected chi connectivity index (χ0v) is 10.5. The highest BCUT2D eigenvalue weighted by Gasteiger charge is 2.15. The van der Waals surface area contributed by atoms with Crippen LogP contribution in [0.4, 0.5) is 10.1 Å². The Morgan fingerprint density at radius 1 is 1.41 bits per heavy atom. The summed E-state index contributed by atoms with van der Waals surface area (Å²) in [6.07, 6.45) is 0.835. The Morgan fingerprint density at radius 3 is 2.65 bits per heavy atom. The maximum atomic E-state index is 12.1. The second-order valence-electron chi connectivity index (χ2n) is 3.56. The number of nitrogens with two attached hydrogens (primary N) is 1. The van der Waals surface area contributed by atoms with Crippen LogP contribution in [0.5, 0.6) is 5.75 Å². The molecule has 1 aromatic rings. The van der Waals surface area contributed by atoms with Gasteiger partial charge in [-0.2, -0.15) is 0 Å². The van der Waals surface area contributed by atoms with Gasteiger partial charge in [0.25, 0.3) is 0 Å². The lowest BCUT2D eigenvalue weighted by molar-refractivity contribution is 0.319. The lowest BCUT2D eigenvalue weighted by Gasteiger charge is -2.09. The molecule has 96 valence electrons. The number of hydrogen-bond donors (Lipinski definition) is 1. The number of alkyl halides is 1. The van der Waals surface area contributed by atoms with Crippen LogP contribution in [0.3, 0.4) is 0 Å². The minimum absolute atomic E-state index is 0.0245. The van der Waals surface area contributed by atoms with Gasteiger partial charge in [-0.3, -0.25) is 0 Å². The molecule has 1 rings (SSSR count). The van der Waals surface area contributed by atoms with E-state index in [4.69, 9.17) is 10.5 Å². The Bertz CT molecular complexity index is 474. The predicted molar refractivity (Wildman–Crippen MR) is 64.7 cm³/mol. The summed E-state index contributed by atoms with van der Waals surface area (Å²) in [5.41, 5.74) is 5.92. The highest BCUT2D eigenvalue weighted by molar-refractivity contribution is 7.91. The second-order valence-corrected chi connectivity index (χ2v) is 5.67. The Labute approximate surface area is 101 Å². The fraction of sp³-hybridized carbons (Fsp3) is 0.455. The molecule has 0 saturated carbocycles. The third-order valence-electron chi connectivity index (χ3n) is 2.15. The summed E-state index contributed by atoms with van der Waals surface area (Å²) in [5, 5.41) is 0. The van der Waals surface area contributed by atoms with Crippen LogP contribution < -0.4 is 10.5 Å². The second kappa shape index (κ2) is 5.86. The van der Waals surface area contributed by atoms with Crippen molar-refractivity contribution in [3.8, 4) is 5.75 Å². The molecule has 17 heavy (non-hydrogen) atoms. The van der Waals surface area contributed by atoms with Crippen molar-refractivity contribution < 1.29 is 17.5 Å². The van der Waals surface area contributed by atoms with Crippen molar-refractivity contribution >= 4 is 15.5 Å². The highest BCUT2D eigenvalue weighted by Crippen LogP contribution is 2.25. The number of anilines is 1. The molecule has 0 spiro atoms. The van der Waals surface area contributed by atoms with Gasteiger partial charge in [0.15, 0.2) is 9.84 Å². The number of sulfone groups is 1. The van der Waals surface area contributed by atoms with Crippen molar-refractivity contribution in [1.82, 2.24) is 0 Å². The first kappa shape index (κ1) is 13.8. The van der Waals surface area contributed by atoms with Crippen LogP contribution in [0.25, 0.3) is 0 Å². The van der Waals surface area contributed by atoms with E-state index in [1.54, 1.807) is 0 Å². The normalized spacial score (nSPS) is 11.4. The van der Waals surface area contributed by atoms with Gasteiger partial charge in [0.2, 0.25) is 0 Å². The van der Waals surface area contributed by atoms with E-state index in [1.165, 1.54) is 18.2 Å². The summed E-state index contributed by atoms with van der Waals surface area (Å²) >= 11 is 0. The molecule has 2 N–H and O–H groups in total. The van der Waals surface area contributed by atoms with Gasteiger partial charge in [-0.1, -0.05) is 6.92 Å². The first-order chi connectivity index (χ1) is 8.01. The molecule has 0 heterocycles. The number of hydrogen-bond acceptors (Lipinski definition) is 4. The van der Waals surface area contributed by atoms with Crippen LogP contribution >= 0.6 is 0 Å². The molecule has 0 radical (unpaired) electrons. The summed E-state index contributed by atoms with van der Waals surface area (Å²) in [7, 11) is -3.58. The summed E-state index contributed by atoms with van der Waals surface area (Å²) < 4.78 is 40.6. The first-order valence-electron chi connectivity index (χ1n) is 5.32. The summed E-state index contributed by atoms with van der Waals surface area (Å²) in [4.78, 5) is 0.0245. The third kappa shape index (κ3) is 3.59. The van der Waals surface area contributed by atoms with Crippen molar-refractivity contribution in [3.05, 3.63) is 18.2 Å². The maximum absolute atomic E-state index is 12.1. The van der Waals surface area contributed by atoms with Crippen molar-refractivity contribution in [1.29, 1.82) is 0 Å². The molecule has 0 unspecified atom stereocenters. The van der Waals surface area contributed by atoms with Gasteiger partial charge >= 0.3 is 0 Å². The molecule has 1 aromatic carbocycles. The Balaban J connectivity index is 2.96. The Morgan fingerprint density at radius 2 is 2.12 bits per heavy atom. The molecule has 0 aliphatic rings. The van der Waals surface area contributed by atoms with E-state index in [1.807, 2.05) is 6.92 Å². The van der Waals surface area contributed by atoms with E-state index >= 15 is 0 Å².